The molecule has 150 valence electrons. The molecule has 1 aromatic heterocycles. The van der Waals surface area contributed by atoms with Gasteiger partial charge in [-0.3, -0.25) is 4.79 Å². The van der Waals surface area contributed by atoms with Crippen LogP contribution in [0.1, 0.15) is 16.2 Å². The van der Waals surface area contributed by atoms with Gasteiger partial charge in [-0.1, -0.05) is 11.6 Å². The lowest BCUT2D eigenvalue weighted by molar-refractivity contribution is 0.0947. The van der Waals surface area contributed by atoms with E-state index in [9.17, 15) is 4.79 Å². The van der Waals surface area contributed by atoms with Crippen molar-refractivity contribution in [1.29, 1.82) is 0 Å². The van der Waals surface area contributed by atoms with Crippen LogP contribution in [0.4, 0.5) is 11.9 Å². The summed E-state index contributed by atoms with van der Waals surface area (Å²) in [4.78, 5) is 29.9. The molecule has 2 heterocycles. The molecule has 1 fully saturated rings. The number of anilines is 2. The number of morpholine rings is 1. The quantitative estimate of drug-likeness (QED) is 0.768. The molecule has 0 radical (unpaired) electrons. The maximum absolute atomic E-state index is 12.6. The van der Waals surface area contributed by atoms with Gasteiger partial charge in [0.1, 0.15) is 5.75 Å². The minimum absolute atomic E-state index is 0.148. The predicted molar refractivity (Wildman–Crippen MR) is 106 cm³/mol. The Morgan fingerprint density at radius 2 is 2.04 bits per heavy atom. The van der Waals surface area contributed by atoms with Crippen molar-refractivity contribution in [2.45, 2.75) is 6.54 Å². The van der Waals surface area contributed by atoms with Gasteiger partial charge in [-0.05, 0) is 18.2 Å². The van der Waals surface area contributed by atoms with E-state index in [4.69, 9.17) is 21.1 Å². The van der Waals surface area contributed by atoms with E-state index in [0.29, 0.717) is 60.4 Å². The van der Waals surface area contributed by atoms with E-state index in [-0.39, 0.29) is 12.5 Å². The first kappa shape index (κ1) is 20.1. The first-order valence-corrected chi connectivity index (χ1v) is 9.22. The number of nitrogens with zero attached hydrogens (tertiary/aromatic N) is 5. The summed E-state index contributed by atoms with van der Waals surface area (Å²) in [7, 11) is 5.22. The van der Waals surface area contributed by atoms with Crippen molar-refractivity contribution in [3.05, 3.63) is 34.6 Å². The Labute approximate surface area is 168 Å². The zero-order valence-electron chi connectivity index (χ0n) is 16.1. The third-order valence-electron chi connectivity index (χ3n) is 4.17. The van der Waals surface area contributed by atoms with Gasteiger partial charge in [0.25, 0.3) is 5.91 Å². The standard InChI is InChI=1S/C18H23ClN6O3/c1-24(2)17-21-15(22-18(23-17)25-6-8-28-9-7-25)11-20-16(26)13-10-12(19)4-5-14(13)27-3/h4-5,10H,6-9,11H2,1-3H3,(H,20,26). The van der Waals surface area contributed by atoms with Gasteiger partial charge in [0, 0.05) is 32.2 Å². The van der Waals surface area contributed by atoms with E-state index in [1.165, 1.54) is 7.11 Å². The van der Waals surface area contributed by atoms with E-state index in [2.05, 4.69) is 20.3 Å². The van der Waals surface area contributed by atoms with Crippen LogP contribution in [0, 0.1) is 0 Å². The van der Waals surface area contributed by atoms with Crippen molar-refractivity contribution < 1.29 is 14.3 Å². The van der Waals surface area contributed by atoms with Crippen LogP contribution in [-0.4, -0.2) is 68.4 Å². The highest BCUT2D eigenvalue weighted by atomic mass is 35.5. The van der Waals surface area contributed by atoms with E-state index in [1.807, 2.05) is 19.0 Å². The molecule has 9 nitrogen and oxygen atoms in total. The molecule has 1 aromatic carbocycles. The van der Waals surface area contributed by atoms with E-state index < -0.39 is 0 Å². The molecular formula is C18H23ClN6O3. The molecule has 0 aliphatic carbocycles. The number of hydrogen-bond acceptors (Lipinski definition) is 8. The molecule has 1 saturated heterocycles. The number of carbonyl (C=O) groups excluding carboxylic acids is 1. The van der Waals surface area contributed by atoms with E-state index in [0.717, 1.165) is 0 Å². The van der Waals surface area contributed by atoms with Crippen molar-refractivity contribution in [1.82, 2.24) is 20.3 Å². The Hall–Kier alpha value is -2.65. The highest BCUT2D eigenvalue weighted by Gasteiger charge is 2.18. The summed E-state index contributed by atoms with van der Waals surface area (Å²) < 4.78 is 10.6. The topological polar surface area (TPSA) is 92.7 Å². The summed E-state index contributed by atoms with van der Waals surface area (Å²) in [6.07, 6.45) is 0. The van der Waals surface area contributed by atoms with Gasteiger partial charge in [0.2, 0.25) is 11.9 Å². The largest absolute Gasteiger partial charge is 0.496 e. The summed E-state index contributed by atoms with van der Waals surface area (Å²) in [5, 5.41) is 3.28. The number of methoxy groups -OCH3 is 1. The second kappa shape index (κ2) is 9.03. The summed E-state index contributed by atoms with van der Waals surface area (Å²) >= 11 is 6.01. The van der Waals surface area contributed by atoms with Crippen LogP contribution in [0.3, 0.4) is 0 Å². The Kier molecular flexibility index (Phi) is 6.48. The van der Waals surface area contributed by atoms with E-state index in [1.54, 1.807) is 23.1 Å². The van der Waals surface area contributed by atoms with Gasteiger partial charge in [-0.15, -0.1) is 0 Å². The normalized spacial score (nSPS) is 13.9. The molecule has 10 heteroatoms. The molecule has 1 aliphatic rings. The number of aromatic nitrogens is 3. The number of rotatable bonds is 6. The lowest BCUT2D eigenvalue weighted by Crippen LogP contribution is -2.38. The monoisotopic (exact) mass is 406 g/mol. The number of halogens is 1. The number of ether oxygens (including phenoxy) is 2. The summed E-state index contributed by atoms with van der Waals surface area (Å²) in [6.45, 7) is 2.83. The lowest BCUT2D eigenvalue weighted by atomic mass is 10.2. The number of nitrogens with one attached hydrogen (secondary N) is 1. The summed E-state index contributed by atoms with van der Waals surface area (Å²) in [5.41, 5.74) is 0.352. The SMILES string of the molecule is COc1ccc(Cl)cc1C(=O)NCc1nc(N(C)C)nc(N2CCOCC2)n1. The molecule has 0 bridgehead atoms. The Balaban J connectivity index is 1.78. The van der Waals surface area contributed by atoms with Gasteiger partial charge >= 0.3 is 0 Å². The lowest BCUT2D eigenvalue weighted by Gasteiger charge is -2.27. The molecule has 1 N–H and O–H groups in total. The summed E-state index contributed by atoms with van der Waals surface area (Å²) in [5.74, 6) is 1.70. The third kappa shape index (κ3) is 4.79. The zero-order valence-corrected chi connectivity index (χ0v) is 16.9. The van der Waals surface area contributed by atoms with Gasteiger partial charge in [-0.2, -0.15) is 15.0 Å². The fourth-order valence-corrected chi connectivity index (χ4v) is 2.86. The van der Waals surface area contributed by atoms with Crippen LogP contribution in [0.2, 0.25) is 5.02 Å². The molecule has 0 unspecified atom stereocenters. The van der Waals surface area contributed by atoms with Crippen LogP contribution in [0.5, 0.6) is 5.75 Å². The molecular weight excluding hydrogens is 384 g/mol. The Morgan fingerprint density at radius 1 is 1.29 bits per heavy atom. The molecule has 28 heavy (non-hydrogen) atoms. The molecule has 0 spiro atoms. The third-order valence-corrected chi connectivity index (χ3v) is 4.40. The number of carbonyl (C=O) groups is 1. The van der Waals surface area contributed by atoms with Crippen molar-refractivity contribution in [2.24, 2.45) is 0 Å². The van der Waals surface area contributed by atoms with Crippen LogP contribution in [-0.2, 0) is 11.3 Å². The molecule has 2 aromatic rings. The highest BCUT2D eigenvalue weighted by molar-refractivity contribution is 6.31. The Morgan fingerprint density at radius 3 is 2.71 bits per heavy atom. The minimum atomic E-state index is -0.320. The fraction of sp³-hybridized carbons (Fsp3) is 0.444. The Bertz CT molecular complexity index is 842. The van der Waals surface area contributed by atoms with Crippen molar-refractivity contribution in [3.63, 3.8) is 0 Å². The molecule has 0 atom stereocenters. The minimum Gasteiger partial charge on any atom is -0.496 e. The highest BCUT2D eigenvalue weighted by Crippen LogP contribution is 2.22. The maximum Gasteiger partial charge on any atom is 0.255 e. The first-order valence-electron chi connectivity index (χ1n) is 8.84. The zero-order chi connectivity index (χ0) is 20.1. The molecule has 0 saturated carbocycles. The molecule has 1 aliphatic heterocycles. The molecule has 1 amide bonds. The van der Waals surface area contributed by atoms with Gasteiger partial charge in [0.05, 0.1) is 32.4 Å². The number of amides is 1. The van der Waals surface area contributed by atoms with Crippen LogP contribution in [0.25, 0.3) is 0 Å². The van der Waals surface area contributed by atoms with E-state index >= 15 is 0 Å². The van der Waals surface area contributed by atoms with Crippen molar-refractivity contribution in [2.75, 3.05) is 57.3 Å². The molecule has 3 rings (SSSR count). The average molecular weight is 407 g/mol. The maximum atomic E-state index is 12.6. The number of benzene rings is 1. The van der Waals surface area contributed by atoms with Crippen molar-refractivity contribution in [3.8, 4) is 5.75 Å². The summed E-state index contributed by atoms with van der Waals surface area (Å²) in [6, 6.07) is 4.88. The fourth-order valence-electron chi connectivity index (χ4n) is 2.69. The van der Waals surface area contributed by atoms with Gasteiger partial charge < -0.3 is 24.6 Å². The second-order valence-electron chi connectivity index (χ2n) is 6.37. The second-order valence-corrected chi connectivity index (χ2v) is 6.81. The van der Waals surface area contributed by atoms with Gasteiger partial charge in [0.15, 0.2) is 5.82 Å². The van der Waals surface area contributed by atoms with Crippen LogP contribution >= 0.6 is 11.6 Å². The predicted octanol–water partition coefficient (Wildman–Crippen LogP) is 1.37. The average Bonchev–Trinajstić information content (AvgIpc) is 2.72. The first-order chi connectivity index (χ1) is 13.5. The van der Waals surface area contributed by atoms with Gasteiger partial charge in [-0.25, -0.2) is 0 Å². The van der Waals surface area contributed by atoms with Crippen molar-refractivity contribution >= 4 is 29.4 Å². The van der Waals surface area contributed by atoms with Crippen LogP contribution in [0.15, 0.2) is 18.2 Å². The number of hydrogen-bond donors (Lipinski definition) is 1. The van der Waals surface area contributed by atoms with Crippen LogP contribution < -0.4 is 19.9 Å². The smallest absolute Gasteiger partial charge is 0.255 e.